The van der Waals surface area contributed by atoms with Gasteiger partial charge in [-0.3, -0.25) is 4.79 Å². The number of carbonyl (C=O) groups excluding carboxylic acids is 1. The summed E-state index contributed by atoms with van der Waals surface area (Å²) in [7, 11) is 0. The molecule has 96 valence electrons. The normalized spacial score (nSPS) is 10.8. The van der Waals surface area contributed by atoms with Crippen LogP contribution in [0.2, 0.25) is 0 Å². The molecule has 0 amide bonds. The van der Waals surface area contributed by atoms with Gasteiger partial charge in [0.05, 0.1) is 10.4 Å². The molecule has 19 heavy (non-hydrogen) atoms. The predicted molar refractivity (Wildman–Crippen MR) is 75.5 cm³/mol. The van der Waals surface area contributed by atoms with Crippen molar-refractivity contribution < 1.29 is 9.21 Å². The third-order valence-corrected chi connectivity index (χ3v) is 4.12. The molecule has 6 heteroatoms. The van der Waals surface area contributed by atoms with Gasteiger partial charge in [0.15, 0.2) is 11.5 Å². The molecule has 0 saturated heterocycles. The smallest absolute Gasteiger partial charge is 0.238 e. The van der Waals surface area contributed by atoms with Crippen molar-refractivity contribution >= 4 is 28.5 Å². The highest BCUT2D eigenvalue weighted by Crippen LogP contribution is 2.28. The van der Waals surface area contributed by atoms with Crippen LogP contribution in [-0.2, 0) is 6.54 Å². The van der Waals surface area contributed by atoms with Gasteiger partial charge in [-0.05, 0) is 17.5 Å². The molecule has 0 bridgehead atoms. The first-order valence-corrected chi connectivity index (χ1v) is 7.41. The molecule has 0 fully saturated rings. The average Bonchev–Trinajstić information content (AvgIpc) is 3.16. The number of nitrogens with two attached hydrogens (primary N) is 1. The molecule has 4 nitrogen and oxygen atoms in total. The average molecular weight is 290 g/mol. The van der Waals surface area contributed by atoms with Crippen LogP contribution in [0.25, 0.3) is 11.5 Å². The summed E-state index contributed by atoms with van der Waals surface area (Å²) in [5, 5.41) is 3.73. The molecule has 3 aromatic heterocycles. The molecular weight excluding hydrogens is 280 g/mol. The third-order valence-electron chi connectivity index (χ3n) is 2.66. The second-order valence-corrected chi connectivity index (χ2v) is 5.52. The first-order chi connectivity index (χ1) is 9.29. The minimum Gasteiger partial charge on any atom is -0.451 e. The predicted octanol–water partition coefficient (Wildman–Crippen LogP) is 3.15. The lowest BCUT2D eigenvalue weighted by molar-refractivity contribution is 0.101. The van der Waals surface area contributed by atoms with Crippen LogP contribution in [-0.4, -0.2) is 10.8 Å². The van der Waals surface area contributed by atoms with E-state index < -0.39 is 0 Å². The number of nitrogens with zero attached hydrogens (tertiary/aromatic N) is 1. The largest absolute Gasteiger partial charge is 0.451 e. The van der Waals surface area contributed by atoms with E-state index in [1.54, 1.807) is 17.6 Å². The fraction of sp³-hybridized carbons (Fsp3) is 0.0769. The van der Waals surface area contributed by atoms with Gasteiger partial charge in [-0.2, -0.15) is 0 Å². The van der Waals surface area contributed by atoms with Crippen LogP contribution in [0.5, 0.6) is 0 Å². The van der Waals surface area contributed by atoms with Crippen molar-refractivity contribution in [1.29, 1.82) is 0 Å². The first-order valence-electron chi connectivity index (χ1n) is 5.59. The molecule has 0 unspecified atom stereocenters. The maximum atomic E-state index is 12.2. The van der Waals surface area contributed by atoms with Gasteiger partial charge in [-0.25, -0.2) is 4.98 Å². The molecule has 0 atom stereocenters. The Bertz CT molecular complexity index is 684. The number of carbonyl (C=O) groups is 1. The van der Waals surface area contributed by atoms with Gasteiger partial charge in [-0.15, -0.1) is 22.7 Å². The summed E-state index contributed by atoms with van der Waals surface area (Å²) in [5.74, 6) is 0.778. The third kappa shape index (κ3) is 2.25. The number of thiazole rings is 1. The minimum absolute atomic E-state index is 0.119. The van der Waals surface area contributed by atoms with E-state index in [-0.39, 0.29) is 5.78 Å². The van der Waals surface area contributed by atoms with Gasteiger partial charge in [-0.1, -0.05) is 6.07 Å². The lowest BCUT2D eigenvalue weighted by atomic mass is 10.2. The Morgan fingerprint density at radius 3 is 3.00 bits per heavy atom. The molecule has 0 aliphatic rings. The summed E-state index contributed by atoms with van der Waals surface area (Å²) in [6.07, 6.45) is 0. The highest BCUT2D eigenvalue weighted by molar-refractivity contribution is 7.12. The van der Waals surface area contributed by atoms with E-state index in [9.17, 15) is 4.79 Å². The van der Waals surface area contributed by atoms with Gasteiger partial charge in [0.1, 0.15) is 5.69 Å². The molecule has 3 heterocycles. The summed E-state index contributed by atoms with van der Waals surface area (Å²) in [4.78, 5) is 17.1. The molecule has 2 N–H and O–H groups in total. The number of hydrogen-bond donors (Lipinski definition) is 1. The summed E-state index contributed by atoms with van der Waals surface area (Å²) in [5.41, 5.74) is 8.93. The Morgan fingerprint density at radius 2 is 2.37 bits per heavy atom. The van der Waals surface area contributed by atoms with Crippen molar-refractivity contribution in [2.24, 2.45) is 5.73 Å². The fourth-order valence-corrected chi connectivity index (χ4v) is 2.96. The second-order valence-electron chi connectivity index (χ2n) is 3.85. The summed E-state index contributed by atoms with van der Waals surface area (Å²) >= 11 is 2.87. The maximum Gasteiger partial charge on any atom is 0.238 e. The Labute approximate surface area is 117 Å². The SMILES string of the molecule is NCc1cc(C(=O)c2cccs2)oc1-c1cscn1. The lowest BCUT2D eigenvalue weighted by Gasteiger charge is -1.94. The van der Waals surface area contributed by atoms with Crippen molar-refractivity contribution in [2.75, 3.05) is 0 Å². The summed E-state index contributed by atoms with van der Waals surface area (Å²) < 4.78 is 5.66. The molecule has 0 saturated carbocycles. The minimum atomic E-state index is -0.119. The van der Waals surface area contributed by atoms with Gasteiger partial charge in [0, 0.05) is 17.5 Å². The van der Waals surface area contributed by atoms with E-state index in [2.05, 4.69) is 4.98 Å². The summed E-state index contributed by atoms with van der Waals surface area (Å²) in [6, 6.07) is 5.32. The summed E-state index contributed by atoms with van der Waals surface area (Å²) in [6.45, 7) is 0.314. The fourth-order valence-electron chi connectivity index (χ4n) is 1.76. The second kappa shape index (κ2) is 5.08. The van der Waals surface area contributed by atoms with E-state index >= 15 is 0 Å². The zero-order valence-electron chi connectivity index (χ0n) is 9.83. The molecular formula is C13H10N2O2S2. The number of aromatic nitrogens is 1. The molecule has 0 aliphatic heterocycles. The van der Waals surface area contributed by atoms with Crippen LogP contribution < -0.4 is 5.73 Å². The van der Waals surface area contributed by atoms with Crippen molar-refractivity contribution in [3.63, 3.8) is 0 Å². The van der Waals surface area contributed by atoms with E-state index in [1.165, 1.54) is 22.7 Å². The molecule has 0 spiro atoms. The van der Waals surface area contributed by atoms with Crippen molar-refractivity contribution in [3.05, 3.63) is 50.7 Å². The van der Waals surface area contributed by atoms with E-state index in [1.807, 2.05) is 16.8 Å². The number of hydrogen-bond acceptors (Lipinski definition) is 6. The molecule has 0 radical (unpaired) electrons. The van der Waals surface area contributed by atoms with Crippen molar-refractivity contribution in [1.82, 2.24) is 4.98 Å². The van der Waals surface area contributed by atoms with E-state index in [4.69, 9.17) is 10.2 Å². The Morgan fingerprint density at radius 1 is 1.47 bits per heavy atom. The molecule has 0 aromatic carbocycles. The van der Waals surface area contributed by atoms with Crippen LogP contribution in [0, 0.1) is 0 Å². The van der Waals surface area contributed by atoms with Crippen LogP contribution in [0.4, 0.5) is 0 Å². The first kappa shape index (κ1) is 12.3. The highest BCUT2D eigenvalue weighted by Gasteiger charge is 2.19. The topological polar surface area (TPSA) is 69.1 Å². The molecule has 0 aliphatic carbocycles. The number of thiophene rings is 1. The quantitative estimate of drug-likeness (QED) is 0.749. The number of rotatable bonds is 4. The standard InChI is InChI=1S/C13H10N2O2S2/c14-5-8-4-10(12(16)11-2-1-3-19-11)17-13(8)9-6-18-7-15-9/h1-4,6-7H,5,14H2. The van der Waals surface area contributed by atoms with Crippen LogP contribution >= 0.6 is 22.7 Å². The van der Waals surface area contributed by atoms with Gasteiger partial charge >= 0.3 is 0 Å². The van der Waals surface area contributed by atoms with Crippen LogP contribution in [0.15, 0.2) is 38.9 Å². The Kier molecular flexibility index (Phi) is 3.29. The monoisotopic (exact) mass is 290 g/mol. The number of furan rings is 1. The van der Waals surface area contributed by atoms with E-state index in [0.29, 0.717) is 22.9 Å². The molecule has 3 rings (SSSR count). The van der Waals surface area contributed by atoms with Gasteiger partial charge in [0.2, 0.25) is 5.78 Å². The maximum absolute atomic E-state index is 12.2. The highest BCUT2D eigenvalue weighted by atomic mass is 32.1. The number of ketones is 1. The van der Waals surface area contributed by atoms with E-state index in [0.717, 1.165) is 11.3 Å². The van der Waals surface area contributed by atoms with Gasteiger partial charge in [0.25, 0.3) is 0 Å². The molecule has 3 aromatic rings. The van der Waals surface area contributed by atoms with Crippen LogP contribution in [0.1, 0.15) is 21.0 Å². The van der Waals surface area contributed by atoms with Gasteiger partial charge < -0.3 is 10.2 Å². The Balaban J connectivity index is 2.03. The Hall–Kier alpha value is -1.76. The zero-order chi connectivity index (χ0) is 13.2. The van der Waals surface area contributed by atoms with Crippen LogP contribution in [0.3, 0.4) is 0 Å². The zero-order valence-corrected chi connectivity index (χ0v) is 11.5. The lowest BCUT2D eigenvalue weighted by Crippen LogP contribution is -1.97. The van der Waals surface area contributed by atoms with Crippen molar-refractivity contribution in [2.45, 2.75) is 6.54 Å². The van der Waals surface area contributed by atoms with Crippen molar-refractivity contribution in [3.8, 4) is 11.5 Å².